The normalized spacial score (nSPS) is 20.2. The molecule has 1 aliphatic heterocycles. The molecular weight excluding hydrogens is 530 g/mol. The molecule has 2 atom stereocenters. The number of nitrogens with zero attached hydrogens (tertiary/aromatic N) is 1. The van der Waals surface area contributed by atoms with E-state index in [4.69, 9.17) is 9.47 Å². The lowest BCUT2D eigenvalue weighted by Crippen LogP contribution is -2.57. The largest absolute Gasteiger partial charge is 0.497 e. The number of nitrogens with one attached hydrogen (secondary N) is 2. The van der Waals surface area contributed by atoms with Crippen LogP contribution in [0, 0.1) is 5.92 Å². The highest BCUT2D eigenvalue weighted by Gasteiger charge is 2.46. The van der Waals surface area contributed by atoms with Crippen LogP contribution in [-0.4, -0.2) is 58.8 Å². The average Bonchev–Trinajstić information content (AvgIpc) is 3.37. The molecule has 8 nitrogen and oxygen atoms in total. The Morgan fingerprint density at radius 2 is 1.59 bits per heavy atom. The van der Waals surface area contributed by atoms with Gasteiger partial charge in [0.1, 0.15) is 21.9 Å². The first-order valence-electron chi connectivity index (χ1n) is 13.4. The predicted molar refractivity (Wildman–Crippen MR) is 154 cm³/mol. The molecule has 1 heterocycles. The maximum Gasteiger partial charge on any atom is 0.251 e. The van der Waals surface area contributed by atoms with E-state index in [1.165, 1.54) is 19.3 Å². The maximum atomic E-state index is 13.5. The first-order valence-corrected chi connectivity index (χ1v) is 14.8. The number of carbonyl (C=O) groups is 3. The van der Waals surface area contributed by atoms with Crippen molar-refractivity contribution in [1.82, 2.24) is 9.62 Å². The van der Waals surface area contributed by atoms with Crippen molar-refractivity contribution < 1.29 is 23.9 Å². The second-order valence-corrected chi connectivity index (χ2v) is 11.9. The molecular formula is C29H36N3O5SSi. The molecule has 2 aromatic rings. The number of carbonyl (C=O) groups excluding carboxylic acids is 3. The van der Waals surface area contributed by atoms with Crippen LogP contribution in [0.4, 0.5) is 5.69 Å². The topological polar surface area (TPSA) is 97.0 Å². The lowest BCUT2D eigenvalue weighted by molar-refractivity contribution is -0.140. The van der Waals surface area contributed by atoms with Crippen molar-refractivity contribution in [2.45, 2.75) is 61.8 Å². The van der Waals surface area contributed by atoms with E-state index in [1.54, 1.807) is 67.7 Å². The van der Waals surface area contributed by atoms with Crippen molar-refractivity contribution in [3.8, 4) is 11.5 Å². The molecule has 4 rings (SSSR count). The Bertz CT molecular complexity index is 1140. The number of likely N-dealkylation sites (tertiary alicyclic amines) is 1. The molecule has 207 valence electrons. The fourth-order valence-electron chi connectivity index (χ4n) is 5.27. The van der Waals surface area contributed by atoms with Gasteiger partial charge in [0.25, 0.3) is 5.91 Å². The van der Waals surface area contributed by atoms with E-state index in [9.17, 15) is 14.4 Å². The summed E-state index contributed by atoms with van der Waals surface area (Å²) < 4.78 is 13.3. The number of hydrogen-bond acceptors (Lipinski definition) is 6. The number of anilines is 1. The number of amides is 3. The molecule has 0 unspecified atom stereocenters. The second-order valence-electron chi connectivity index (χ2n) is 10.1. The Balaban J connectivity index is 1.46. The molecule has 3 amide bonds. The number of ether oxygens (including phenoxy) is 2. The van der Waals surface area contributed by atoms with E-state index in [2.05, 4.69) is 20.3 Å². The van der Waals surface area contributed by atoms with Crippen LogP contribution < -0.4 is 19.5 Å². The highest BCUT2D eigenvalue weighted by Crippen LogP contribution is 2.34. The highest BCUT2D eigenvalue weighted by atomic mass is 32.2. The Kier molecular flexibility index (Phi) is 9.96. The van der Waals surface area contributed by atoms with Crippen molar-refractivity contribution in [3.63, 3.8) is 0 Å². The maximum absolute atomic E-state index is 13.5. The monoisotopic (exact) mass is 566 g/mol. The van der Waals surface area contributed by atoms with Crippen LogP contribution in [0.5, 0.6) is 11.5 Å². The summed E-state index contributed by atoms with van der Waals surface area (Å²) in [6.07, 6.45) is 7.43. The third-order valence-electron chi connectivity index (χ3n) is 7.53. The molecule has 0 aromatic heterocycles. The molecule has 0 bridgehead atoms. The van der Waals surface area contributed by atoms with E-state index in [1.807, 2.05) is 0 Å². The summed E-state index contributed by atoms with van der Waals surface area (Å²) in [6, 6.07) is 14.2. The van der Waals surface area contributed by atoms with Gasteiger partial charge in [-0.3, -0.25) is 19.1 Å². The molecule has 0 spiro atoms. The lowest BCUT2D eigenvalue weighted by Gasteiger charge is -2.35. The summed E-state index contributed by atoms with van der Waals surface area (Å²) in [5.74, 6) is 1.12. The molecule has 3 radical (unpaired) electrons. The van der Waals surface area contributed by atoms with Gasteiger partial charge in [0.2, 0.25) is 11.8 Å². The van der Waals surface area contributed by atoms with E-state index in [-0.39, 0.29) is 17.7 Å². The Morgan fingerprint density at radius 1 is 0.974 bits per heavy atom. The van der Waals surface area contributed by atoms with Gasteiger partial charge in [-0.25, -0.2) is 0 Å². The first-order chi connectivity index (χ1) is 18.8. The van der Waals surface area contributed by atoms with Gasteiger partial charge in [-0.1, -0.05) is 31.4 Å². The van der Waals surface area contributed by atoms with Crippen LogP contribution in [0.15, 0.2) is 48.5 Å². The van der Waals surface area contributed by atoms with Crippen LogP contribution in [-0.2, 0) is 14.4 Å². The van der Waals surface area contributed by atoms with Crippen LogP contribution in [0.2, 0.25) is 0 Å². The van der Waals surface area contributed by atoms with Gasteiger partial charge in [0.15, 0.2) is 0 Å². The highest BCUT2D eigenvalue weighted by molar-refractivity contribution is 7.98. The van der Waals surface area contributed by atoms with Crippen LogP contribution in [0.1, 0.15) is 62.2 Å². The number of methoxy groups -OCH3 is 2. The molecule has 1 saturated heterocycles. The zero-order valence-corrected chi connectivity index (χ0v) is 24.4. The summed E-state index contributed by atoms with van der Waals surface area (Å²) in [4.78, 5) is 41.8. The number of rotatable bonds is 10. The molecule has 2 aliphatic rings. The number of hydrogen-bond donors (Lipinski definition) is 2. The van der Waals surface area contributed by atoms with Crippen molar-refractivity contribution in [1.29, 1.82) is 0 Å². The summed E-state index contributed by atoms with van der Waals surface area (Å²) in [6.45, 7) is 0.535. The zero-order valence-electron chi connectivity index (χ0n) is 22.5. The Morgan fingerprint density at radius 3 is 2.21 bits per heavy atom. The molecule has 1 saturated carbocycles. The molecule has 39 heavy (non-hydrogen) atoms. The Hall–Kier alpha value is -2.98. The predicted octanol–water partition coefficient (Wildman–Crippen LogP) is 4.61. The molecule has 1 aliphatic carbocycles. The molecule has 2 N–H and O–H groups in total. The SMILES string of the molecule is COc1ccc(NC(=O)[C@@H](SNC(=O)[C@]2([Si])CCCN2C(=O)CC2CCCCC2)c2ccc(OC)cc2)cc1. The summed E-state index contributed by atoms with van der Waals surface area (Å²) in [5.41, 5.74) is 1.31. The number of benzene rings is 2. The third kappa shape index (κ3) is 7.16. The van der Waals surface area contributed by atoms with Gasteiger partial charge >= 0.3 is 0 Å². The minimum atomic E-state index is -1.13. The van der Waals surface area contributed by atoms with E-state index < -0.39 is 10.4 Å². The Labute approximate surface area is 238 Å². The van der Waals surface area contributed by atoms with Gasteiger partial charge < -0.3 is 19.7 Å². The molecule has 2 aromatic carbocycles. The molecule has 10 heteroatoms. The summed E-state index contributed by atoms with van der Waals surface area (Å²) >= 11 is 1.02. The molecule has 2 fully saturated rings. The van der Waals surface area contributed by atoms with Gasteiger partial charge in [0.05, 0.1) is 24.5 Å². The van der Waals surface area contributed by atoms with Crippen molar-refractivity contribution in [2.24, 2.45) is 5.92 Å². The van der Waals surface area contributed by atoms with E-state index in [0.29, 0.717) is 48.1 Å². The van der Waals surface area contributed by atoms with E-state index >= 15 is 0 Å². The second kappa shape index (κ2) is 13.4. The summed E-state index contributed by atoms with van der Waals surface area (Å²) in [5, 5.41) is 1.05. The van der Waals surface area contributed by atoms with Gasteiger partial charge in [-0.05, 0) is 85.5 Å². The van der Waals surface area contributed by atoms with Crippen molar-refractivity contribution in [2.75, 3.05) is 26.1 Å². The average molecular weight is 567 g/mol. The fourth-order valence-corrected chi connectivity index (χ4v) is 6.69. The van der Waals surface area contributed by atoms with E-state index in [0.717, 1.165) is 31.2 Å². The van der Waals surface area contributed by atoms with Crippen molar-refractivity contribution in [3.05, 3.63) is 54.1 Å². The minimum absolute atomic E-state index is 0.0125. The van der Waals surface area contributed by atoms with Gasteiger partial charge in [-0.15, -0.1) is 0 Å². The van der Waals surface area contributed by atoms with Crippen molar-refractivity contribution >= 4 is 45.6 Å². The lowest BCUT2D eigenvalue weighted by atomic mass is 9.86. The minimum Gasteiger partial charge on any atom is -0.497 e. The zero-order chi connectivity index (χ0) is 27.8. The van der Waals surface area contributed by atoms with Gasteiger partial charge in [-0.2, -0.15) is 0 Å². The van der Waals surface area contributed by atoms with Crippen LogP contribution in [0.3, 0.4) is 0 Å². The smallest absolute Gasteiger partial charge is 0.251 e. The van der Waals surface area contributed by atoms with Crippen LogP contribution in [0.25, 0.3) is 0 Å². The van der Waals surface area contributed by atoms with Gasteiger partial charge in [0, 0.05) is 18.7 Å². The standard InChI is InChI=1S/C29H36N3O5SSi/c1-36-23-13-9-21(10-14-23)26(27(34)30-22-11-15-24(37-2)16-12-22)38-31-28(35)29(39)17-6-18-32(29)25(33)19-20-7-4-3-5-8-20/h9-16,20,26H,3-8,17-19H2,1-2H3,(H,30,34)(H,31,35)/t26-,29+/m0/s1. The first kappa shape index (κ1) is 29.0. The quantitative estimate of drug-likeness (QED) is 0.322. The summed E-state index contributed by atoms with van der Waals surface area (Å²) in [7, 11) is 6.85. The fraction of sp³-hybridized carbons (Fsp3) is 0.483. The third-order valence-corrected chi connectivity index (χ3v) is 9.30. The van der Waals surface area contributed by atoms with Crippen LogP contribution >= 0.6 is 11.9 Å².